The summed E-state index contributed by atoms with van der Waals surface area (Å²) in [6, 6.07) is 13.4. The van der Waals surface area contributed by atoms with Gasteiger partial charge in [0, 0.05) is 37.7 Å². The van der Waals surface area contributed by atoms with Crippen molar-refractivity contribution < 1.29 is 17.9 Å². The van der Waals surface area contributed by atoms with Crippen LogP contribution in [-0.4, -0.2) is 28.6 Å². The normalized spacial score (nSPS) is 12.6. The van der Waals surface area contributed by atoms with Gasteiger partial charge in [-0.25, -0.2) is 9.97 Å². The van der Waals surface area contributed by atoms with E-state index >= 15 is 0 Å². The minimum atomic E-state index is -4.58. The monoisotopic (exact) mass is 374 g/mol. The summed E-state index contributed by atoms with van der Waals surface area (Å²) >= 11 is 0. The Kier molecular flexibility index (Phi) is 5.66. The number of benzene rings is 1. The zero-order valence-corrected chi connectivity index (χ0v) is 14.4. The molecular weight excluding hydrogens is 357 g/mol. The van der Waals surface area contributed by atoms with Gasteiger partial charge >= 0.3 is 6.18 Å². The van der Waals surface area contributed by atoms with Crippen molar-refractivity contribution in [2.24, 2.45) is 0 Å². The lowest BCUT2D eigenvalue weighted by atomic mass is 10.1. The topological polar surface area (TPSA) is 59.9 Å². The average molecular weight is 374 g/mol. The number of rotatable bonds is 6. The van der Waals surface area contributed by atoms with Crippen LogP contribution in [0.2, 0.25) is 0 Å². The van der Waals surface area contributed by atoms with Crippen LogP contribution < -0.4 is 5.32 Å². The summed E-state index contributed by atoms with van der Waals surface area (Å²) in [5.41, 5.74) is 0.345. The predicted molar refractivity (Wildman–Crippen MR) is 94.9 cm³/mol. The zero-order valence-electron chi connectivity index (χ0n) is 14.4. The number of hydrogen-bond acceptors (Lipinski definition) is 5. The van der Waals surface area contributed by atoms with E-state index in [1.54, 1.807) is 19.2 Å². The molecule has 1 atom stereocenters. The summed E-state index contributed by atoms with van der Waals surface area (Å²) in [6.45, 7) is 0.255. The number of nitrogens with one attached hydrogen (secondary N) is 1. The van der Waals surface area contributed by atoms with Gasteiger partial charge in [0.25, 0.3) is 0 Å². The van der Waals surface area contributed by atoms with E-state index in [1.807, 2.05) is 30.3 Å². The summed E-state index contributed by atoms with van der Waals surface area (Å²) in [7, 11) is 1.54. The highest BCUT2D eigenvalue weighted by molar-refractivity contribution is 5.57. The number of hydrogen-bond donors (Lipinski definition) is 1. The molecule has 8 heteroatoms. The SMILES string of the molecule is COC(CNc1cc(C(F)(F)F)nc(-c2ccncc2)n1)c1ccccc1. The van der Waals surface area contributed by atoms with Crippen LogP contribution in [-0.2, 0) is 10.9 Å². The molecule has 5 nitrogen and oxygen atoms in total. The van der Waals surface area contributed by atoms with Crippen LogP contribution in [0, 0.1) is 0 Å². The third-order valence-corrected chi connectivity index (χ3v) is 3.88. The van der Waals surface area contributed by atoms with Crippen molar-refractivity contribution in [3.8, 4) is 11.4 Å². The summed E-state index contributed by atoms with van der Waals surface area (Å²) in [4.78, 5) is 11.7. The van der Waals surface area contributed by atoms with Crippen molar-refractivity contribution in [1.82, 2.24) is 15.0 Å². The minimum Gasteiger partial charge on any atom is -0.375 e. The van der Waals surface area contributed by atoms with E-state index in [-0.39, 0.29) is 24.3 Å². The van der Waals surface area contributed by atoms with Crippen LogP contribution in [0.3, 0.4) is 0 Å². The number of halogens is 3. The van der Waals surface area contributed by atoms with Crippen molar-refractivity contribution in [3.05, 3.63) is 72.2 Å². The molecular formula is C19H17F3N4O. The van der Waals surface area contributed by atoms with Gasteiger partial charge in [0.05, 0.1) is 6.10 Å². The van der Waals surface area contributed by atoms with Crippen LogP contribution in [0.25, 0.3) is 11.4 Å². The van der Waals surface area contributed by atoms with Gasteiger partial charge in [-0.1, -0.05) is 30.3 Å². The first-order valence-corrected chi connectivity index (χ1v) is 8.15. The lowest BCUT2D eigenvalue weighted by molar-refractivity contribution is -0.141. The molecule has 1 N–H and O–H groups in total. The third kappa shape index (κ3) is 4.79. The van der Waals surface area contributed by atoms with Crippen LogP contribution in [0.1, 0.15) is 17.4 Å². The van der Waals surface area contributed by atoms with E-state index in [0.29, 0.717) is 5.56 Å². The Morgan fingerprint density at radius 1 is 1.04 bits per heavy atom. The second-order valence-electron chi connectivity index (χ2n) is 5.71. The number of pyridine rings is 1. The Labute approximate surface area is 154 Å². The van der Waals surface area contributed by atoms with E-state index in [2.05, 4.69) is 20.3 Å². The molecule has 3 aromatic rings. The summed E-state index contributed by atoms with van der Waals surface area (Å²) in [5, 5.41) is 2.93. The molecule has 0 saturated carbocycles. The first kappa shape index (κ1) is 18.8. The molecule has 27 heavy (non-hydrogen) atoms. The molecule has 140 valence electrons. The molecule has 2 heterocycles. The molecule has 1 aromatic carbocycles. The van der Waals surface area contributed by atoms with Gasteiger partial charge in [-0.3, -0.25) is 4.98 Å². The van der Waals surface area contributed by atoms with Crippen molar-refractivity contribution in [2.45, 2.75) is 12.3 Å². The molecule has 0 radical (unpaired) electrons. The molecule has 0 spiro atoms. The highest BCUT2D eigenvalue weighted by atomic mass is 19.4. The summed E-state index contributed by atoms with van der Waals surface area (Å²) < 4.78 is 45.1. The first-order chi connectivity index (χ1) is 13.0. The fourth-order valence-electron chi connectivity index (χ4n) is 2.52. The van der Waals surface area contributed by atoms with Gasteiger partial charge in [-0.2, -0.15) is 13.2 Å². The van der Waals surface area contributed by atoms with Crippen molar-refractivity contribution in [2.75, 3.05) is 19.0 Å². The minimum absolute atomic E-state index is 0.0246. The second-order valence-corrected chi connectivity index (χ2v) is 5.71. The molecule has 0 saturated heterocycles. The largest absolute Gasteiger partial charge is 0.433 e. The van der Waals surface area contributed by atoms with E-state index < -0.39 is 11.9 Å². The Hall–Kier alpha value is -3.00. The maximum absolute atomic E-state index is 13.2. The number of anilines is 1. The molecule has 0 bridgehead atoms. The first-order valence-electron chi connectivity index (χ1n) is 8.15. The van der Waals surface area contributed by atoms with Gasteiger partial charge in [0.2, 0.25) is 0 Å². The fourth-order valence-corrected chi connectivity index (χ4v) is 2.52. The quantitative estimate of drug-likeness (QED) is 0.695. The smallest absolute Gasteiger partial charge is 0.375 e. The standard InChI is InChI=1S/C19H17F3N4O/c1-27-15(13-5-3-2-4-6-13)12-24-17-11-16(19(20,21)22)25-18(26-17)14-7-9-23-10-8-14/h2-11,15H,12H2,1H3,(H,24,25,26). The Bertz CT molecular complexity index is 873. The van der Waals surface area contributed by atoms with Crippen molar-refractivity contribution >= 4 is 5.82 Å². The van der Waals surface area contributed by atoms with Crippen LogP contribution >= 0.6 is 0 Å². The number of alkyl halides is 3. The average Bonchev–Trinajstić information content (AvgIpc) is 2.69. The molecule has 0 aliphatic rings. The summed E-state index contributed by atoms with van der Waals surface area (Å²) in [6.07, 6.45) is -1.97. The lowest BCUT2D eigenvalue weighted by Crippen LogP contribution is -2.17. The summed E-state index contributed by atoms with van der Waals surface area (Å²) in [5.74, 6) is 0.0468. The lowest BCUT2D eigenvalue weighted by Gasteiger charge is -2.18. The molecule has 2 aromatic heterocycles. The molecule has 0 aliphatic carbocycles. The van der Waals surface area contributed by atoms with Crippen LogP contribution in [0.4, 0.5) is 19.0 Å². The van der Waals surface area contributed by atoms with Gasteiger partial charge in [0.1, 0.15) is 5.82 Å². The fraction of sp³-hybridized carbons (Fsp3) is 0.211. The Morgan fingerprint density at radius 2 is 1.74 bits per heavy atom. The zero-order chi connectivity index (χ0) is 19.3. The van der Waals surface area contributed by atoms with Crippen molar-refractivity contribution in [1.29, 1.82) is 0 Å². The Morgan fingerprint density at radius 3 is 2.37 bits per heavy atom. The highest BCUT2D eigenvalue weighted by Gasteiger charge is 2.34. The van der Waals surface area contributed by atoms with E-state index in [9.17, 15) is 13.2 Å². The van der Waals surface area contributed by atoms with Crippen LogP contribution in [0.5, 0.6) is 0 Å². The maximum Gasteiger partial charge on any atom is 0.433 e. The van der Waals surface area contributed by atoms with E-state index in [0.717, 1.165) is 11.6 Å². The number of aromatic nitrogens is 3. The van der Waals surface area contributed by atoms with Crippen LogP contribution in [0.15, 0.2) is 60.9 Å². The van der Waals surface area contributed by atoms with Crippen molar-refractivity contribution in [3.63, 3.8) is 0 Å². The molecule has 0 fully saturated rings. The number of ether oxygens (including phenoxy) is 1. The number of nitrogens with zero attached hydrogens (tertiary/aromatic N) is 3. The Balaban J connectivity index is 1.88. The third-order valence-electron chi connectivity index (χ3n) is 3.88. The predicted octanol–water partition coefficient (Wildman–Crippen LogP) is 4.36. The van der Waals surface area contributed by atoms with E-state index in [1.165, 1.54) is 12.4 Å². The highest BCUT2D eigenvalue weighted by Crippen LogP contribution is 2.31. The molecule has 0 amide bonds. The molecule has 0 aliphatic heterocycles. The van der Waals surface area contributed by atoms with Gasteiger partial charge in [0.15, 0.2) is 11.5 Å². The molecule has 1 unspecified atom stereocenters. The van der Waals surface area contributed by atoms with Gasteiger partial charge in [-0.05, 0) is 17.7 Å². The van der Waals surface area contributed by atoms with E-state index in [4.69, 9.17) is 4.74 Å². The molecule has 3 rings (SSSR count). The second kappa shape index (κ2) is 8.13. The maximum atomic E-state index is 13.2. The number of methoxy groups -OCH3 is 1. The van der Waals surface area contributed by atoms with Gasteiger partial charge < -0.3 is 10.1 Å². The van der Waals surface area contributed by atoms with Gasteiger partial charge in [-0.15, -0.1) is 0 Å².